The molecule has 9 aromatic carbocycles. The normalized spacial score (nSPS) is 12.1. The predicted octanol–water partition coefficient (Wildman–Crippen LogP) is 9.78. The second kappa shape index (κ2) is 14.6. The van der Waals surface area contributed by atoms with Crippen molar-refractivity contribution in [3.05, 3.63) is 144 Å². The van der Waals surface area contributed by atoms with Crippen molar-refractivity contribution in [2.75, 3.05) is 7.05 Å². The molecule has 6 N–H and O–H groups in total. The first-order valence-corrected chi connectivity index (χ1v) is 19.3. The van der Waals surface area contributed by atoms with Crippen LogP contribution in [0, 0.1) is 0 Å². The summed E-state index contributed by atoms with van der Waals surface area (Å²) in [4.78, 5) is 55.3. The van der Waals surface area contributed by atoms with E-state index >= 15 is 0 Å². The van der Waals surface area contributed by atoms with Crippen LogP contribution in [0.5, 0.6) is 69.0 Å². The van der Waals surface area contributed by atoms with Crippen LogP contribution < -0.4 is 29.6 Å². The second-order valence-electron chi connectivity index (χ2n) is 14.6. The van der Waals surface area contributed by atoms with Gasteiger partial charge in [-0.2, -0.15) is 0 Å². The van der Waals surface area contributed by atoms with Gasteiger partial charge in [-0.3, -0.25) is 24.5 Å². The predicted molar refractivity (Wildman–Crippen MR) is 231 cm³/mol. The lowest BCUT2D eigenvalue weighted by atomic mass is 9.81. The summed E-state index contributed by atoms with van der Waals surface area (Å²) in [7, 11) is 1.44. The number of aldehydes is 1. The summed E-state index contributed by atoms with van der Waals surface area (Å²) in [6.07, 6.45) is 0.583. The molecule has 0 aliphatic carbocycles. The Hall–Kier alpha value is -9.04. The maximum absolute atomic E-state index is 14.1. The first-order chi connectivity index (χ1) is 30.5. The fraction of sp³-hybridized carbons (Fsp3) is 0.0204. The third-order valence-corrected chi connectivity index (χ3v) is 10.8. The summed E-state index contributed by atoms with van der Waals surface area (Å²) in [5, 5.41) is 47.6. The van der Waals surface area contributed by atoms with Crippen LogP contribution >= 0.6 is 0 Å². The highest BCUT2D eigenvalue weighted by molar-refractivity contribution is 6.43. The van der Waals surface area contributed by atoms with Crippen LogP contribution in [0.3, 0.4) is 0 Å². The summed E-state index contributed by atoms with van der Waals surface area (Å²) >= 11 is 0. The lowest BCUT2D eigenvalue weighted by molar-refractivity contribution is 0.0843. The molecule has 14 nitrogen and oxygen atoms in total. The number of hydrogen-bond donors (Lipinski definition) is 6. The van der Waals surface area contributed by atoms with Gasteiger partial charge in [0.25, 0.3) is 17.7 Å². The average molecular weight is 839 g/mol. The number of rotatable bonds is 10. The summed E-state index contributed by atoms with van der Waals surface area (Å²) < 4.78 is 26.5. The van der Waals surface area contributed by atoms with Crippen molar-refractivity contribution in [3.8, 4) is 69.0 Å². The SMILES string of the molecule is CNC(=O)c1cc(Oc2ccc(O)cc2)c2c3c(Oc4ccc(O)cc4)cc4c5c(cc(Oc6ccc(O)cc6)c(c6c(Oc7ccc(O)cc7)cc(C=O)c1c62)c53)C(=O)NC4=O. The molecule has 14 heteroatoms. The quantitative estimate of drug-likeness (QED) is 0.0329. The van der Waals surface area contributed by atoms with E-state index in [1.54, 1.807) is 0 Å². The Morgan fingerprint density at radius 1 is 0.476 bits per heavy atom. The van der Waals surface area contributed by atoms with Gasteiger partial charge in [-0.25, -0.2) is 0 Å². The molecule has 63 heavy (non-hydrogen) atoms. The minimum Gasteiger partial charge on any atom is -0.508 e. The largest absolute Gasteiger partial charge is 0.508 e. The van der Waals surface area contributed by atoms with Gasteiger partial charge in [-0.1, -0.05) is 0 Å². The Bertz CT molecular complexity index is 3260. The van der Waals surface area contributed by atoms with Gasteiger partial charge in [0, 0.05) is 55.7 Å². The molecule has 0 bridgehead atoms. The minimum atomic E-state index is -0.726. The smallest absolute Gasteiger partial charge is 0.258 e. The number of phenolic OH excluding ortho intramolecular Hbond substituents is 4. The number of carbonyl (C=O) groups is 4. The van der Waals surface area contributed by atoms with Crippen molar-refractivity contribution in [2.24, 2.45) is 0 Å². The summed E-state index contributed by atoms with van der Waals surface area (Å²) in [6, 6.07) is 29.3. The number of phenols is 4. The number of fused-ring (bicyclic) bond motifs is 2. The zero-order valence-electron chi connectivity index (χ0n) is 32.7. The molecule has 1 heterocycles. The van der Waals surface area contributed by atoms with Crippen LogP contribution in [0.15, 0.2) is 121 Å². The number of nitrogens with one attached hydrogen (secondary N) is 2. The maximum atomic E-state index is 14.1. The van der Waals surface area contributed by atoms with E-state index < -0.39 is 17.7 Å². The molecule has 0 atom stereocenters. The fourth-order valence-electron chi connectivity index (χ4n) is 8.09. The van der Waals surface area contributed by atoms with Gasteiger partial charge in [0.1, 0.15) is 69.0 Å². The molecule has 0 spiro atoms. The lowest BCUT2D eigenvalue weighted by Crippen LogP contribution is -2.34. The minimum absolute atomic E-state index is 0.0233. The monoisotopic (exact) mass is 838 g/mol. The van der Waals surface area contributed by atoms with Crippen molar-refractivity contribution in [2.45, 2.75) is 0 Å². The van der Waals surface area contributed by atoms with E-state index in [9.17, 15) is 39.6 Å². The Kier molecular flexibility index (Phi) is 8.85. The number of aromatic hydroxyl groups is 4. The van der Waals surface area contributed by atoms with Gasteiger partial charge in [-0.05, 0) is 121 Å². The van der Waals surface area contributed by atoms with Gasteiger partial charge >= 0.3 is 0 Å². The van der Waals surface area contributed by atoms with Crippen molar-refractivity contribution in [1.29, 1.82) is 0 Å². The average Bonchev–Trinajstić information content (AvgIpc) is 3.28. The highest BCUT2D eigenvalue weighted by atomic mass is 16.5. The number of hydrogen-bond acceptors (Lipinski definition) is 12. The molecular weight excluding hydrogens is 809 g/mol. The van der Waals surface area contributed by atoms with E-state index in [4.69, 9.17) is 18.9 Å². The highest BCUT2D eigenvalue weighted by Crippen LogP contribution is 2.57. The second-order valence-corrected chi connectivity index (χ2v) is 14.6. The topological polar surface area (TPSA) is 210 Å². The molecule has 0 saturated heterocycles. The number of imide groups is 1. The molecule has 0 saturated carbocycles. The summed E-state index contributed by atoms with van der Waals surface area (Å²) in [5.41, 5.74) is 0.171. The first kappa shape index (κ1) is 38.2. The summed E-state index contributed by atoms with van der Waals surface area (Å²) in [6.45, 7) is 0. The molecule has 9 aromatic rings. The molecule has 0 radical (unpaired) electrons. The maximum Gasteiger partial charge on any atom is 0.258 e. The van der Waals surface area contributed by atoms with Crippen molar-refractivity contribution in [3.63, 3.8) is 0 Å². The summed E-state index contributed by atoms with van der Waals surface area (Å²) in [5.74, 6) is -0.976. The molecule has 308 valence electrons. The molecule has 0 aromatic heterocycles. The van der Waals surface area contributed by atoms with E-state index in [0.29, 0.717) is 6.29 Å². The number of ether oxygens (including phenoxy) is 4. The molecule has 1 aliphatic rings. The fourth-order valence-corrected chi connectivity index (χ4v) is 8.09. The zero-order chi connectivity index (χ0) is 43.7. The van der Waals surface area contributed by atoms with Crippen LogP contribution in [-0.4, -0.2) is 51.5 Å². The van der Waals surface area contributed by atoms with Crippen molar-refractivity contribution in [1.82, 2.24) is 10.6 Å². The Morgan fingerprint density at radius 3 is 1.16 bits per heavy atom. The third-order valence-electron chi connectivity index (χ3n) is 10.8. The van der Waals surface area contributed by atoms with Crippen molar-refractivity contribution < 1.29 is 58.6 Å². The van der Waals surface area contributed by atoms with Gasteiger partial charge in [-0.15, -0.1) is 0 Å². The molecule has 1 aliphatic heterocycles. The van der Waals surface area contributed by atoms with Crippen molar-refractivity contribution >= 4 is 67.1 Å². The number of amides is 3. The Morgan fingerprint density at radius 2 is 0.810 bits per heavy atom. The Balaban J connectivity index is 1.49. The van der Waals surface area contributed by atoms with Crippen LogP contribution in [0.25, 0.3) is 43.1 Å². The van der Waals surface area contributed by atoms with Gasteiger partial charge < -0.3 is 44.7 Å². The number of benzene rings is 9. The molecule has 0 unspecified atom stereocenters. The van der Waals surface area contributed by atoms with Crippen LogP contribution in [-0.2, 0) is 0 Å². The van der Waals surface area contributed by atoms with Crippen LogP contribution in [0.4, 0.5) is 0 Å². The highest BCUT2D eigenvalue weighted by Gasteiger charge is 2.35. The van der Waals surface area contributed by atoms with Crippen LogP contribution in [0.2, 0.25) is 0 Å². The molecule has 0 fully saturated rings. The van der Waals surface area contributed by atoms with E-state index in [1.807, 2.05) is 0 Å². The number of carbonyl (C=O) groups excluding carboxylic acids is 4. The van der Waals surface area contributed by atoms with E-state index in [0.717, 1.165) is 0 Å². The van der Waals surface area contributed by atoms with E-state index in [-0.39, 0.29) is 134 Å². The standard InChI is InChI=1S/C49H30N2O12/c1-50-47(57)32-19-36(61-29-12-4-25(54)5-13-29)42-44-38(63-31-16-8-27(56)9-17-31)21-34-40-33(48(58)51-49(34)59)20-37(62-30-14-6-26(55)7-15-30)43(46(40)44)41-35(18-23(22-52)39(32)45(41)42)60-28-10-2-24(53)3-11-28/h2-22,53-56H,1H3,(H,50,57)(H,51,58,59). The van der Waals surface area contributed by atoms with E-state index in [1.165, 1.54) is 128 Å². The lowest BCUT2D eigenvalue weighted by Gasteiger charge is -2.27. The molecular formula is C49H30N2O12. The first-order valence-electron chi connectivity index (χ1n) is 19.3. The zero-order valence-corrected chi connectivity index (χ0v) is 32.7. The molecule has 10 rings (SSSR count). The van der Waals surface area contributed by atoms with Gasteiger partial charge in [0.2, 0.25) is 0 Å². The Labute approximate surface area is 355 Å². The van der Waals surface area contributed by atoms with Crippen LogP contribution in [0.1, 0.15) is 41.4 Å². The van der Waals surface area contributed by atoms with E-state index in [2.05, 4.69) is 10.6 Å². The van der Waals surface area contributed by atoms with Gasteiger partial charge in [0.15, 0.2) is 6.29 Å². The van der Waals surface area contributed by atoms with Gasteiger partial charge in [0.05, 0.1) is 16.7 Å². The third kappa shape index (κ3) is 6.37. The molecule has 3 amide bonds.